The molecule has 0 aromatic heterocycles. The van der Waals surface area contributed by atoms with Gasteiger partial charge in [0.15, 0.2) is 0 Å². The van der Waals surface area contributed by atoms with Crippen LogP contribution < -0.4 is 5.32 Å². The number of nitrogens with one attached hydrogen (secondary N) is 1. The van der Waals surface area contributed by atoms with E-state index in [9.17, 15) is 0 Å². The molecule has 84 valence electrons. The van der Waals surface area contributed by atoms with Gasteiger partial charge in [0.2, 0.25) is 0 Å². The smallest absolute Gasteiger partial charge is 0.0829 e. The summed E-state index contributed by atoms with van der Waals surface area (Å²) in [5, 5.41) is 3.34. The third-order valence-corrected chi connectivity index (χ3v) is 2.61. The van der Waals surface area contributed by atoms with Gasteiger partial charge in [-0.15, -0.1) is 0 Å². The van der Waals surface area contributed by atoms with Gasteiger partial charge in [-0.3, -0.25) is 4.90 Å². The fourth-order valence-electron chi connectivity index (χ4n) is 1.57. The second kappa shape index (κ2) is 5.69. The molecular formula is C11H24N2O. The predicted molar refractivity (Wildman–Crippen MR) is 59.6 cm³/mol. The second-order valence-corrected chi connectivity index (χ2v) is 4.65. The number of hydrogen-bond donors (Lipinski definition) is 1. The number of ether oxygens (including phenoxy) is 1. The molecule has 1 aliphatic rings. The van der Waals surface area contributed by atoms with Crippen LogP contribution in [-0.2, 0) is 4.74 Å². The zero-order valence-electron chi connectivity index (χ0n) is 9.92. The second-order valence-electron chi connectivity index (χ2n) is 4.65. The van der Waals surface area contributed by atoms with Crippen LogP contribution in [0, 0.1) is 0 Å². The molecule has 14 heavy (non-hydrogen) atoms. The molecule has 0 aromatic rings. The van der Waals surface area contributed by atoms with Gasteiger partial charge in [-0.25, -0.2) is 0 Å². The van der Waals surface area contributed by atoms with Gasteiger partial charge in [-0.05, 0) is 13.8 Å². The number of rotatable bonds is 6. The van der Waals surface area contributed by atoms with E-state index in [1.807, 2.05) is 0 Å². The van der Waals surface area contributed by atoms with Gasteiger partial charge in [0.05, 0.1) is 12.7 Å². The predicted octanol–water partition coefficient (Wildman–Crippen LogP) is 1.09. The molecule has 3 nitrogen and oxygen atoms in total. The molecule has 0 spiro atoms. The summed E-state index contributed by atoms with van der Waals surface area (Å²) in [4.78, 5) is 2.43. The molecule has 0 saturated carbocycles. The molecule has 1 rings (SSSR count). The summed E-state index contributed by atoms with van der Waals surface area (Å²) in [5.74, 6) is 0. The molecular weight excluding hydrogens is 176 g/mol. The maximum Gasteiger partial charge on any atom is 0.0829 e. The summed E-state index contributed by atoms with van der Waals surface area (Å²) in [7, 11) is 0. The Bertz CT molecular complexity index is 153. The minimum absolute atomic E-state index is 0.478. The van der Waals surface area contributed by atoms with E-state index in [2.05, 4.69) is 37.9 Å². The summed E-state index contributed by atoms with van der Waals surface area (Å²) in [6.07, 6.45) is 0.478. The highest BCUT2D eigenvalue weighted by atomic mass is 16.5. The first-order chi connectivity index (χ1) is 6.59. The molecule has 0 aromatic carbocycles. The Kier molecular flexibility index (Phi) is 4.85. The lowest BCUT2D eigenvalue weighted by Gasteiger charge is -2.41. The van der Waals surface area contributed by atoms with Crippen LogP contribution in [-0.4, -0.2) is 49.3 Å². The molecule has 0 aliphatic carbocycles. The SMILES string of the molecule is CC(C)NCCOC1CN(C(C)C)C1. The summed E-state index contributed by atoms with van der Waals surface area (Å²) in [6.45, 7) is 12.8. The van der Waals surface area contributed by atoms with Crippen molar-refractivity contribution in [2.75, 3.05) is 26.2 Å². The molecule has 1 aliphatic heterocycles. The van der Waals surface area contributed by atoms with Gasteiger partial charge in [0.25, 0.3) is 0 Å². The van der Waals surface area contributed by atoms with Crippen LogP contribution >= 0.6 is 0 Å². The Hall–Kier alpha value is -0.120. The minimum atomic E-state index is 0.478. The third-order valence-electron chi connectivity index (χ3n) is 2.61. The summed E-state index contributed by atoms with van der Waals surface area (Å²) in [6, 6.07) is 1.23. The van der Waals surface area contributed by atoms with Crippen molar-refractivity contribution in [3.63, 3.8) is 0 Å². The van der Waals surface area contributed by atoms with Crippen molar-refractivity contribution in [1.29, 1.82) is 0 Å². The fourth-order valence-corrected chi connectivity index (χ4v) is 1.57. The van der Waals surface area contributed by atoms with Gasteiger partial charge in [-0.1, -0.05) is 13.8 Å². The molecule has 0 atom stereocenters. The van der Waals surface area contributed by atoms with Crippen molar-refractivity contribution >= 4 is 0 Å². The first-order valence-corrected chi connectivity index (χ1v) is 5.68. The van der Waals surface area contributed by atoms with E-state index in [1.54, 1.807) is 0 Å². The molecule has 3 heteroatoms. The van der Waals surface area contributed by atoms with E-state index in [1.165, 1.54) is 0 Å². The molecule has 0 unspecified atom stereocenters. The lowest BCUT2D eigenvalue weighted by Crippen LogP contribution is -2.55. The highest BCUT2D eigenvalue weighted by Gasteiger charge is 2.28. The minimum Gasteiger partial charge on any atom is -0.374 e. The van der Waals surface area contributed by atoms with Gasteiger partial charge in [0, 0.05) is 31.7 Å². The van der Waals surface area contributed by atoms with Gasteiger partial charge in [-0.2, -0.15) is 0 Å². The van der Waals surface area contributed by atoms with E-state index < -0.39 is 0 Å². The Labute approximate surface area is 87.8 Å². The Morgan fingerprint density at radius 1 is 1.29 bits per heavy atom. The number of nitrogens with zero attached hydrogens (tertiary/aromatic N) is 1. The highest BCUT2D eigenvalue weighted by Crippen LogP contribution is 2.14. The van der Waals surface area contributed by atoms with Crippen molar-refractivity contribution in [1.82, 2.24) is 10.2 Å². The van der Waals surface area contributed by atoms with Gasteiger partial charge >= 0.3 is 0 Å². The first-order valence-electron chi connectivity index (χ1n) is 5.68. The number of likely N-dealkylation sites (tertiary alicyclic amines) is 1. The monoisotopic (exact) mass is 200 g/mol. The highest BCUT2D eigenvalue weighted by molar-refractivity contribution is 4.82. The van der Waals surface area contributed by atoms with Crippen LogP contribution in [0.3, 0.4) is 0 Å². The molecule has 1 heterocycles. The quantitative estimate of drug-likeness (QED) is 0.650. The Balaban J connectivity index is 1.91. The number of hydrogen-bond acceptors (Lipinski definition) is 3. The standard InChI is InChI=1S/C11H24N2O/c1-9(2)12-5-6-14-11-7-13(8-11)10(3)4/h9-12H,5-8H2,1-4H3. The maximum absolute atomic E-state index is 5.70. The molecule has 0 radical (unpaired) electrons. The average molecular weight is 200 g/mol. The van der Waals surface area contributed by atoms with Crippen molar-refractivity contribution in [2.24, 2.45) is 0 Å². The van der Waals surface area contributed by atoms with Crippen molar-refractivity contribution in [2.45, 2.75) is 45.9 Å². The van der Waals surface area contributed by atoms with E-state index in [0.717, 1.165) is 26.2 Å². The largest absolute Gasteiger partial charge is 0.374 e. The molecule has 1 N–H and O–H groups in total. The normalized spacial score (nSPS) is 19.3. The Morgan fingerprint density at radius 2 is 1.93 bits per heavy atom. The van der Waals surface area contributed by atoms with Crippen LogP contribution in [0.15, 0.2) is 0 Å². The molecule has 0 bridgehead atoms. The zero-order chi connectivity index (χ0) is 10.6. The van der Waals surface area contributed by atoms with Gasteiger partial charge in [0.1, 0.15) is 0 Å². The van der Waals surface area contributed by atoms with Crippen LogP contribution in [0.4, 0.5) is 0 Å². The first kappa shape index (κ1) is 12.0. The maximum atomic E-state index is 5.70. The average Bonchev–Trinajstić information content (AvgIpc) is 1.98. The van der Waals surface area contributed by atoms with Crippen LogP contribution in [0.25, 0.3) is 0 Å². The summed E-state index contributed by atoms with van der Waals surface area (Å²) in [5.41, 5.74) is 0. The fraction of sp³-hybridized carbons (Fsp3) is 1.00. The van der Waals surface area contributed by atoms with Crippen LogP contribution in [0.2, 0.25) is 0 Å². The van der Waals surface area contributed by atoms with Gasteiger partial charge < -0.3 is 10.1 Å². The summed E-state index contributed by atoms with van der Waals surface area (Å²) < 4.78 is 5.70. The molecule has 1 saturated heterocycles. The lowest BCUT2D eigenvalue weighted by atomic mass is 10.1. The van der Waals surface area contributed by atoms with Crippen LogP contribution in [0.5, 0.6) is 0 Å². The van der Waals surface area contributed by atoms with E-state index in [0.29, 0.717) is 18.2 Å². The van der Waals surface area contributed by atoms with Crippen molar-refractivity contribution in [3.05, 3.63) is 0 Å². The van der Waals surface area contributed by atoms with Crippen molar-refractivity contribution in [3.8, 4) is 0 Å². The Morgan fingerprint density at radius 3 is 2.43 bits per heavy atom. The third kappa shape index (κ3) is 3.95. The van der Waals surface area contributed by atoms with E-state index >= 15 is 0 Å². The van der Waals surface area contributed by atoms with E-state index in [4.69, 9.17) is 4.74 Å². The topological polar surface area (TPSA) is 24.5 Å². The summed E-state index contributed by atoms with van der Waals surface area (Å²) >= 11 is 0. The lowest BCUT2D eigenvalue weighted by molar-refractivity contribution is -0.0652. The molecule has 1 fully saturated rings. The molecule has 0 amide bonds. The van der Waals surface area contributed by atoms with Crippen LogP contribution in [0.1, 0.15) is 27.7 Å². The zero-order valence-corrected chi connectivity index (χ0v) is 9.92. The van der Waals surface area contributed by atoms with E-state index in [-0.39, 0.29) is 0 Å². The van der Waals surface area contributed by atoms with Crippen molar-refractivity contribution < 1.29 is 4.74 Å².